The van der Waals surface area contributed by atoms with E-state index in [-0.39, 0.29) is 23.8 Å². The second-order valence-corrected chi connectivity index (χ2v) is 9.71. The summed E-state index contributed by atoms with van der Waals surface area (Å²) in [6, 6.07) is 16.3. The summed E-state index contributed by atoms with van der Waals surface area (Å²) in [7, 11) is -3.65. The highest BCUT2D eigenvalue weighted by Gasteiger charge is 2.24. The van der Waals surface area contributed by atoms with Crippen molar-refractivity contribution in [2.45, 2.75) is 31.6 Å². The summed E-state index contributed by atoms with van der Waals surface area (Å²) in [5.41, 5.74) is 1.91. The lowest BCUT2D eigenvalue weighted by atomic mass is 10.2. The number of hydrogen-bond acceptors (Lipinski definition) is 6. The van der Waals surface area contributed by atoms with E-state index in [1.807, 2.05) is 44.2 Å². The van der Waals surface area contributed by atoms with E-state index >= 15 is 0 Å². The smallest absolute Gasteiger partial charge is 0.243 e. The van der Waals surface area contributed by atoms with E-state index in [4.69, 9.17) is 0 Å². The van der Waals surface area contributed by atoms with Crippen LogP contribution in [-0.4, -0.2) is 41.9 Å². The van der Waals surface area contributed by atoms with E-state index in [9.17, 15) is 13.2 Å². The molecule has 0 saturated carbocycles. The van der Waals surface area contributed by atoms with Gasteiger partial charge in [-0.25, -0.2) is 8.42 Å². The fourth-order valence-electron chi connectivity index (χ4n) is 2.84. The minimum Gasteiger partial charge on any atom is -0.300 e. The summed E-state index contributed by atoms with van der Waals surface area (Å²) in [5.74, 6) is -0.300. The molecule has 0 fully saturated rings. The van der Waals surface area contributed by atoms with E-state index < -0.39 is 10.0 Å². The normalized spacial score (nSPS) is 11.6. The molecule has 0 aliphatic heterocycles. The Morgan fingerprint density at radius 1 is 1.03 bits per heavy atom. The number of sulfonamides is 1. The quantitative estimate of drug-likeness (QED) is 0.540. The highest BCUT2D eigenvalue weighted by Crippen LogP contribution is 2.26. The number of hydrogen-bond donors (Lipinski definition) is 1. The molecule has 3 rings (SSSR count). The Hall–Kier alpha value is -2.62. The highest BCUT2D eigenvalue weighted by atomic mass is 32.2. The SMILES string of the molecule is CCCN(CCC(=O)Nc1nnc(-c2ccccc2)s1)S(=O)(=O)c1ccc(C)cc1. The molecule has 0 saturated heterocycles. The molecule has 158 valence electrons. The van der Waals surface area contributed by atoms with E-state index in [0.29, 0.717) is 23.1 Å². The van der Waals surface area contributed by atoms with Gasteiger partial charge in [-0.2, -0.15) is 4.31 Å². The highest BCUT2D eigenvalue weighted by molar-refractivity contribution is 7.89. The number of nitrogens with zero attached hydrogens (tertiary/aromatic N) is 3. The minimum absolute atomic E-state index is 0.0331. The van der Waals surface area contributed by atoms with Crippen LogP contribution < -0.4 is 5.32 Å². The molecular weight excluding hydrogens is 420 g/mol. The van der Waals surface area contributed by atoms with Gasteiger partial charge in [0.15, 0.2) is 0 Å². The number of aromatic nitrogens is 2. The fourth-order valence-corrected chi connectivity index (χ4v) is 5.14. The third-order valence-electron chi connectivity index (χ3n) is 4.41. The zero-order valence-corrected chi connectivity index (χ0v) is 18.5. The van der Waals surface area contributed by atoms with Crippen molar-refractivity contribution in [3.8, 4) is 10.6 Å². The molecule has 0 spiro atoms. The number of rotatable bonds is 9. The second kappa shape index (κ2) is 9.92. The van der Waals surface area contributed by atoms with Crippen molar-refractivity contribution >= 4 is 32.4 Å². The van der Waals surface area contributed by atoms with Gasteiger partial charge in [-0.15, -0.1) is 10.2 Å². The van der Waals surface area contributed by atoms with E-state index in [1.54, 1.807) is 24.3 Å². The lowest BCUT2D eigenvalue weighted by Crippen LogP contribution is -2.34. The van der Waals surface area contributed by atoms with Crippen LogP contribution in [0.1, 0.15) is 25.3 Å². The van der Waals surface area contributed by atoms with Crippen LogP contribution in [0.2, 0.25) is 0 Å². The van der Waals surface area contributed by atoms with Crippen LogP contribution in [0.5, 0.6) is 0 Å². The van der Waals surface area contributed by atoms with Crippen molar-refractivity contribution in [2.24, 2.45) is 0 Å². The van der Waals surface area contributed by atoms with Gasteiger partial charge in [0.05, 0.1) is 4.90 Å². The van der Waals surface area contributed by atoms with E-state index in [2.05, 4.69) is 15.5 Å². The van der Waals surface area contributed by atoms with Gasteiger partial charge in [-0.05, 0) is 25.5 Å². The number of benzene rings is 2. The fraction of sp³-hybridized carbons (Fsp3) is 0.286. The molecule has 1 heterocycles. The topological polar surface area (TPSA) is 92.3 Å². The predicted molar refractivity (Wildman–Crippen MR) is 119 cm³/mol. The van der Waals surface area contributed by atoms with Crippen LogP contribution in [-0.2, 0) is 14.8 Å². The van der Waals surface area contributed by atoms with Crippen LogP contribution in [0.3, 0.4) is 0 Å². The van der Waals surface area contributed by atoms with Crippen molar-refractivity contribution in [2.75, 3.05) is 18.4 Å². The van der Waals surface area contributed by atoms with Crippen LogP contribution in [0.4, 0.5) is 5.13 Å². The molecule has 0 unspecified atom stereocenters. The molecule has 0 bridgehead atoms. The molecular formula is C21H24N4O3S2. The van der Waals surface area contributed by atoms with E-state index in [1.165, 1.54) is 15.6 Å². The van der Waals surface area contributed by atoms with E-state index in [0.717, 1.165) is 11.1 Å². The van der Waals surface area contributed by atoms with Crippen molar-refractivity contribution in [1.29, 1.82) is 0 Å². The van der Waals surface area contributed by atoms with Crippen LogP contribution >= 0.6 is 11.3 Å². The maximum Gasteiger partial charge on any atom is 0.243 e. The molecule has 0 radical (unpaired) electrons. The zero-order valence-electron chi connectivity index (χ0n) is 16.9. The van der Waals surface area contributed by atoms with Gasteiger partial charge >= 0.3 is 0 Å². The van der Waals surface area contributed by atoms with Crippen molar-refractivity contribution in [1.82, 2.24) is 14.5 Å². The molecule has 1 aromatic heterocycles. The first kappa shape index (κ1) is 22.1. The van der Waals surface area contributed by atoms with Crippen molar-refractivity contribution < 1.29 is 13.2 Å². The summed E-state index contributed by atoms with van der Waals surface area (Å²) < 4.78 is 27.2. The molecule has 30 heavy (non-hydrogen) atoms. The van der Waals surface area contributed by atoms with Gasteiger partial charge in [-0.3, -0.25) is 4.79 Å². The Morgan fingerprint density at radius 3 is 2.40 bits per heavy atom. The second-order valence-electron chi connectivity index (χ2n) is 6.79. The molecule has 7 nitrogen and oxygen atoms in total. The average molecular weight is 445 g/mol. The Kier molecular flexibility index (Phi) is 7.30. The summed E-state index contributed by atoms with van der Waals surface area (Å²) in [4.78, 5) is 12.6. The lowest BCUT2D eigenvalue weighted by Gasteiger charge is -2.21. The maximum atomic E-state index is 12.9. The first-order valence-electron chi connectivity index (χ1n) is 9.65. The largest absolute Gasteiger partial charge is 0.300 e. The predicted octanol–water partition coefficient (Wildman–Crippen LogP) is 3.94. The standard InChI is InChI=1S/C21H24N4O3S2/c1-3-14-25(30(27,28)18-11-9-16(2)10-12-18)15-13-19(26)22-21-24-23-20(29-21)17-7-5-4-6-8-17/h4-12H,3,13-15H2,1-2H3,(H,22,24,26). The number of amides is 1. The average Bonchev–Trinajstić information content (AvgIpc) is 3.20. The number of anilines is 1. The maximum absolute atomic E-state index is 12.9. The van der Waals surface area contributed by atoms with Crippen LogP contribution in [0.15, 0.2) is 59.5 Å². The first-order valence-corrected chi connectivity index (χ1v) is 11.9. The van der Waals surface area contributed by atoms with Crippen molar-refractivity contribution in [3.05, 3.63) is 60.2 Å². The Morgan fingerprint density at radius 2 is 1.73 bits per heavy atom. The summed E-state index contributed by atoms with van der Waals surface area (Å²) in [5, 5.41) is 11.9. The third kappa shape index (κ3) is 5.50. The molecule has 1 amide bonds. The Bertz CT molecular complexity index is 1080. The molecule has 3 aromatic rings. The van der Waals surface area contributed by atoms with Gasteiger partial charge in [0.2, 0.25) is 21.1 Å². The van der Waals surface area contributed by atoms with Crippen LogP contribution in [0, 0.1) is 6.92 Å². The van der Waals surface area contributed by atoms with Gasteiger partial charge < -0.3 is 5.32 Å². The lowest BCUT2D eigenvalue weighted by molar-refractivity contribution is -0.116. The van der Waals surface area contributed by atoms with Gasteiger partial charge in [0.25, 0.3) is 0 Å². The van der Waals surface area contributed by atoms with Crippen molar-refractivity contribution in [3.63, 3.8) is 0 Å². The zero-order chi connectivity index (χ0) is 21.6. The minimum atomic E-state index is -3.65. The third-order valence-corrected chi connectivity index (χ3v) is 7.21. The molecule has 0 aliphatic rings. The molecule has 2 aromatic carbocycles. The number of carbonyl (C=O) groups excluding carboxylic acids is 1. The summed E-state index contributed by atoms with van der Waals surface area (Å²) in [6.07, 6.45) is 0.689. The summed E-state index contributed by atoms with van der Waals surface area (Å²) in [6.45, 7) is 4.26. The molecule has 1 N–H and O–H groups in total. The Labute approximate surface area is 180 Å². The number of nitrogens with one attached hydrogen (secondary N) is 1. The molecule has 9 heteroatoms. The molecule has 0 aliphatic carbocycles. The van der Waals surface area contributed by atoms with Gasteiger partial charge in [0.1, 0.15) is 5.01 Å². The van der Waals surface area contributed by atoms with Crippen LogP contribution in [0.25, 0.3) is 10.6 Å². The number of aryl methyl sites for hydroxylation is 1. The molecule has 0 atom stereocenters. The summed E-state index contributed by atoms with van der Waals surface area (Å²) >= 11 is 1.28. The van der Waals surface area contributed by atoms with Gasteiger partial charge in [-0.1, -0.05) is 66.3 Å². The number of carbonyl (C=O) groups is 1. The van der Waals surface area contributed by atoms with Gasteiger partial charge in [0, 0.05) is 25.1 Å². The Balaban J connectivity index is 1.63. The first-order chi connectivity index (χ1) is 14.4. The monoisotopic (exact) mass is 444 g/mol.